The molecular weight excluding hydrogens is 407 g/mol. The third kappa shape index (κ3) is 4.30. The molecule has 0 bridgehead atoms. The summed E-state index contributed by atoms with van der Waals surface area (Å²) in [7, 11) is 0. The van der Waals surface area contributed by atoms with Crippen molar-refractivity contribution in [3.05, 3.63) is 70.1 Å². The van der Waals surface area contributed by atoms with E-state index in [1.807, 2.05) is 17.5 Å². The predicted octanol–water partition coefficient (Wildman–Crippen LogP) is 2.28. The highest BCUT2D eigenvalue weighted by molar-refractivity contribution is 7.13. The summed E-state index contributed by atoms with van der Waals surface area (Å²) in [4.78, 5) is 39.3. The second-order valence-corrected chi connectivity index (χ2v) is 7.88. The summed E-state index contributed by atoms with van der Waals surface area (Å²) in [5.74, 6) is -1.31. The molecule has 3 aromatic rings. The summed E-state index contributed by atoms with van der Waals surface area (Å²) in [5, 5.41) is 9.07. The molecule has 0 saturated carbocycles. The number of amides is 2. The standard InChI is InChI=1S/C21H19FN4O3S/c22-15-3-5-16(6-4-15)25-13-14(12-20(25)28)21(29)23-9-10-26-19(27)8-7-17(24-26)18-2-1-11-30-18/h1-8,11,14H,9-10,12-13H2,(H,23,29). The van der Waals surface area contributed by atoms with Gasteiger partial charge in [0.25, 0.3) is 5.56 Å². The van der Waals surface area contributed by atoms with Gasteiger partial charge in [0.1, 0.15) is 11.5 Å². The van der Waals surface area contributed by atoms with E-state index in [9.17, 15) is 18.8 Å². The molecule has 1 saturated heterocycles. The van der Waals surface area contributed by atoms with Crippen molar-refractivity contribution in [1.29, 1.82) is 0 Å². The SMILES string of the molecule is O=C(NCCn1nc(-c2cccs2)ccc1=O)C1CC(=O)N(c2ccc(F)cc2)C1. The Hall–Kier alpha value is -3.33. The number of nitrogens with one attached hydrogen (secondary N) is 1. The van der Waals surface area contributed by atoms with Gasteiger partial charge in [0.2, 0.25) is 11.8 Å². The maximum Gasteiger partial charge on any atom is 0.266 e. The number of anilines is 1. The Kier molecular flexibility index (Phi) is 5.71. The Bertz CT molecular complexity index is 1110. The minimum atomic E-state index is -0.496. The molecule has 9 heteroatoms. The number of benzene rings is 1. The minimum absolute atomic E-state index is 0.0925. The molecule has 7 nitrogen and oxygen atoms in total. The van der Waals surface area contributed by atoms with E-state index in [-0.39, 0.29) is 49.2 Å². The van der Waals surface area contributed by atoms with Gasteiger partial charge in [-0.1, -0.05) is 6.07 Å². The molecule has 1 N–H and O–H groups in total. The average Bonchev–Trinajstić information content (AvgIpc) is 3.40. The molecule has 3 heterocycles. The lowest BCUT2D eigenvalue weighted by atomic mass is 10.1. The van der Waals surface area contributed by atoms with Crippen LogP contribution in [0.25, 0.3) is 10.6 Å². The normalized spacial score (nSPS) is 16.1. The second-order valence-electron chi connectivity index (χ2n) is 6.93. The number of nitrogens with zero attached hydrogens (tertiary/aromatic N) is 3. The maximum absolute atomic E-state index is 13.1. The highest BCUT2D eigenvalue weighted by Crippen LogP contribution is 2.25. The summed E-state index contributed by atoms with van der Waals surface area (Å²) >= 11 is 1.53. The summed E-state index contributed by atoms with van der Waals surface area (Å²) < 4.78 is 14.4. The van der Waals surface area contributed by atoms with Crippen molar-refractivity contribution in [2.45, 2.75) is 13.0 Å². The van der Waals surface area contributed by atoms with Gasteiger partial charge in [0.05, 0.1) is 17.3 Å². The van der Waals surface area contributed by atoms with Crippen LogP contribution in [0.2, 0.25) is 0 Å². The highest BCUT2D eigenvalue weighted by Gasteiger charge is 2.34. The lowest BCUT2D eigenvalue weighted by Gasteiger charge is -2.16. The van der Waals surface area contributed by atoms with Gasteiger partial charge in [-0.3, -0.25) is 14.4 Å². The number of hydrogen-bond acceptors (Lipinski definition) is 5. The summed E-state index contributed by atoms with van der Waals surface area (Å²) in [6, 6.07) is 12.6. The molecule has 1 aromatic carbocycles. The topological polar surface area (TPSA) is 84.3 Å². The molecule has 0 spiro atoms. The number of aromatic nitrogens is 2. The molecule has 1 fully saturated rings. The molecule has 1 atom stereocenters. The van der Waals surface area contributed by atoms with Crippen LogP contribution in [0.3, 0.4) is 0 Å². The third-order valence-electron chi connectivity index (χ3n) is 4.90. The van der Waals surface area contributed by atoms with Gasteiger partial charge in [-0.15, -0.1) is 11.3 Å². The van der Waals surface area contributed by atoms with Crippen LogP contribution in [-0.4, -0.2) is 34.7 Å². The van der Waals surface area contributed by atoms with Gasteiger partial charge >= 0.3 is 0 Å². The Balaban J connectivity index is 1.34. The zero-order valence-corrected chi connectivity index (χ0v) is 16.8. The van der Waals surface area contributed by atoms with Crippen LogP contribution in [0.15, 0.2) is 58.7 Å². The van der Waals surface area contributed by atoms with Crippen LogP contribution in [0.1, 0.15) is 6.42 Å². The zero-order valence-electron chi connectivity index (χ0n) is 16.0. The second kappa shape index (κ2) is 8.58. The van der Waals surface area contributed by atoms with Crippen molar-refractivity contribution in [2.24, 2.45) is 5.92 Å². The zero-order chi connectivity index (χ0) is 21.1. The van der Waals surface area contributed by atoms with Crippen molar-refractivity contribution >= 4 is 28.8 Å². The molecule has 1 unspecified atom stereocenters. The first kappa shape index (κ1) is 20.0. The molecule has 4 rings (SSSR count). The molecule has 0 radical (unpaired) electrons. The fraction of sp³-hybridized carbons (Fsp3) is 0.238. The first-order chi connectivity index (χ1) is 14.5. The Morgan fingerprint density at radius 2 is 1.97 bits per heavy atom. The number of carbonyl (C=O) groups excluding carboxylic acids is 2. The van der Waals surface area contributed by atoms with E-state index in [1.54, 1.807) is 6.07 Å². The molecule has 30 heavy (non-hydrogen) atoms. The van der Waals surface area contributed by atoms with Crippen LogP contribution in [0, 0.1) is 11.7 Å². The Morgan fingerprint density at radius 1 is 1.17 bits per heavy atom. The van der Waals surface area contributed by atoms with E-state index in [2.05, 4.69) is 10.4 Å². The largest absolute Gasteiger partial charge is 0.354 e. The summed E-state index contributed by atoms with van der Waals surface area (Å²) in [6.45, 7) is 0.690. The van der Waals surface area contributed by atoms with Gasteiger partial charge in [-0.25, -0.2) is 9.07 Å². The monoisotopic (exact) mass is 426 g/mol. The van der Waals surface area contributed by atoms with Crippen LogP contribution in [0.4, 0.5) is 10.1 Å². The highest BCUT2D eigenvalue weighted by atomic mass is 32.1. The maximum atomic E-state index is 13.1. The third-order valence-corrected chi connectivity index (χ3v) is 5.79. The number of carbonyl (C=O) groups is 2. The number of halogens is 1. The molecular formula is C21H19FN4O3S. The smallest absolute Gasteiger partial charge is 0.266 e. The van der Waals surface area contributed by atoms with E-state index in [0.29, 0.717) is 11.4 Å². The summed E-state index contributed by atoms with van der Waals surface area (Å²) in [6.07, 6.45) is 0.0925. The molecule has 0 aliphatic carbocycles. The van der Waals surface area contributed by atoms with Crippen molar-refractivity contribution in [2.75, 3.05) is 18.0 Å². The summed E-state index contributed by atoms with van der Waals surface area (Å²) in [5.41, 5.74) is 1.02. The lowest BCUT2D eigenvalue weighted by Crippen LogP contribution is -2.36. The predicted molar refractivity (Wildman–Crippen MR) is 112 cm³/mol. The lowest BCUT2D eigenvalue weighted by molar-refractivity contribution is -0.126. The molecule has 1 aliphatic rings. The first-order valence-electron chi connectivity index (χ1n) is 9.47. The first-order valence-corrected chi connectivity index (χ1v) is 10.3. The van der Waals surface area contributed by atoms with Crippen LogP contribution in [-0.2, 0) is 16.1 Å². The van der Waals surface area contributed by atoms with Gasteiger partial charge in [0, 0.05) is 31.3 Å². The van der Waals surface area contributed by atoms with Gasteiger partial charge in [0.15, 0.2) is 0 Å². The number of hydrogen-bond donors (Lipinski definition) is 1. The fourth-order valence-electron chi connectivity index (χ4n) is 3.35. The van der Waals surface area contributed by atoms with Gasteiger partial charge in [-0.05, 0) is 41.8 Å². The Morgan fingerprint density at radius 3 is 2.70 bits per heavy atom. The van der Waals surface area contributed by atoms with Crippen molar-refractivity contribution < 1.29 is 14.0 Å². The van der Waals surface area contributed by atoms with Crippen LogP contribution in [0.5, 0.6) is 0 Å². The number of rotatable bonds is 6. The molecule has 1 aliphatic heterocycles. The van der Waals surface area contributed by atoms with Crippen molar-refractivity contribution in [3.63, 3.8) is 0 Å². The number of thiophene rings is 1. The fourth-order valence-corrected chi connectivity index (χ4v) is 4.04. The van der Waals surface area contributed by atoms with Crippen molar-refractivity contribution in [3.8, 4) is 10.6 Å². The quantitative estimate of drug-likeness (QED) is 0.656. The van der Waals surface area contributed by atoms with Crippen LogP contribution < -0.4 is 15.8 Å². The van der Waals surface area contributed by atoms with Gasteiger partial charge < -0.3 is 10.2 Å². The minimum Gasteiger partial charge on any atom is -0.354 e. The van der Waals surface area contributed by atoms with E-state index < -0.39 is 5.92 Å². The molecule has 2 amide bonds. The van der Waals surface area contributed by atoms with E-state index in [1.165, 1.54) is 51.3 Å². The van der Waals surface area contributed by atoms with E-state index in [4.69, 9.17) is 0 Å². The van der Waals surface area contributed by atoms with Crippen LogP contribution >= 0.6 is 11.3 Å². The Labute approximate surface area is 175 Å². The van der Waals surface area contributed by atoms with Crippen molar-refractivity contribution in [1.82, 2.24) is 15.1 Å². The van der Waals surface area contributed by atoms with E-state index >= 15 is 0 Å². The molecule has 2 aromatic heterocycles. The van der Waals surface area contributed by atoms with Gasteiger partial charge in [-0.2, -0.15) is 5.10 Å². The molecule has 154 valence electrons. The van der Waals surface area contributed by atoms with E-state index in [0.717, 1.165) is 4.88 Å². The average molecular weight is 426 g/mol.